The van der Waals surface area contributed by atoms with E-state index in [-0.39, 0.29) is 5.54 Å². The van der Waals surface area contributed by atoms with Crippen molar-refractivity contribution >= 4 is 45.2 Å². The van der Waals surface area contributed by atoms with Crippen molar-refractivity contribution < 1.29 is 4.74 Å². The fourth-order valence-corrected chi connectivity index (χ4v) is 5.26. The highest BCUT2D eigenvalue weighted by molar-refractivity contribution is 14.1. The maximum absolute atomic E-state index is 5.52. The lowest BCUT2D eigenvalue weighted by Crippen LogP contribution is -2.32. The van der Waals surface area contributed by atoms with Crippen LogP contribution in [-0.4, -0.2) is 16.9 Å². The van der Waals surface area contributed by atoms with Gasteiger partial charge in [-0.05, 0) is 64.9 Å². The highest BCUT2D eigenvalue weighted by Gasteiger charge is 2.31. The average molecular weight is 532 g/mol. The molecule has 0 aliphatic heterocycles. The first-order valence-corrected chi connectivity index (χ1v) is 10.6. The maximum Gasteiger partial charge on any atom is 0.184 e. The number of methoxy groups -OCH3 is 1. The summed E-state index contributed by atoms with van der Waals surface area (Å²) in [4.78, 5) is 0. The number of aromatic nitrogens is 2. The number of ether oxygens (including phenoxy) is 1. The van der Waals surface area contributed by atoms with Gasteiger partial charge in [0.2, 0.25) is 0 Å². The minimum absolute atomic E-state index is 0.107. The van der Waals surface area contributed by atoms with Gasteiger partial charge < -0.3 is 4.74 Å². The Morgan fingerprint density at radius 2 is 1.59 bits per heavy atom. The van der Waals surface area contributed by atoms with Gasteiger partial charge in [-0.1, -0.05) is 58.8 Å². The lowest BCUT2D eigenvalue weighted by molar-refractivity contribution is 0.222. The van der Waals surface area contributed by atoms with Crippen LogP contribution in [-0.2, 0) is 5.54 Å². The van der Waals surface area contributed by atoms with Gasteiger partial charge in [0, 0.05) is 0 Å². The monoisotopic (exact) mass is 532 g/mol. The van der Waals surface area contributed by atoms with Gasteiger partial charge in [0.25, 0.3) is 0 Å². The second kappa shape index (κ2) is 10.4. The van der Waals surface area contributed by atoms with E-state index in [2.05, 4.69) is 70.6 Å². The van der Waals surface area contributed by atoms with E-state index in [1.165, 1.54) is 57.8 Å². The molecule has 0 aliphatic rings. The SMILES string of the molecule is CCCCCCCC(C)(CCCC)n1nc(I)c(OC)c1I. The van der Waals surface area contributed by atoms with Crippen molar-refractivity contribution in [3.8, 4) is 5.75 Å². The number of hydrogen-bond acceptors (Lipinski definition) is 2. The van der Waals surface area contributed by atoms with Crippen LogP contribution >= 0.6 is 45.2 Å². The van der Waals surface area contributed by atoms with Crippen LogP contribution in [0.5, 0.6) is 5.75 Å². The van der Waals surface area contributed by atoms with Crippen molar-refractivity contribution in [2.45, 2.75) is 84.1 Å². The molecule has 5 heteroatoms. The average Bonchev–Trinajstić information content (AvgIpc) is 2.80. The van der Waals surface area contributed by atoms with Crippen LogP contribution in [0.15, 0.2) is 0 Å². The predicted molar refractivity (Wildman–Crippen MR) is 111 cm³/mol. The maximum atomic E-state index is 5.52. The highest BCUT2D eigenvalue weighted by atomic mass is 127. The fourth-order valence-electron chi connectivity index (χ4n) is 2.89. The number of nitrogens with zero attached hydrogens (tertiary/aromatic N) is 2. The van der Waals surface area contributed by atoms with Crippen molar-refractivity contribution in [1.82, 2.24) is 9.78 Å². The number of rotatable bonds is 11. The number of unbranched alkanes of at least 4 members (excludes halogenated alkanes) is 5. The van der Waals surface area contributed by atoms with Gasteiger partial charge >= 0.3 is 0 Å². The van der Waals surface area contributed by atoms with Crippen LogP contribution < -0.4 is 4.74 Å². The topological polar surface area (TPSA) is 27.1 Å². The van der Waals surface area contributed by atoms with Gasteiger partial charge in [-0.2, -0.15) is 5.10 Å². The molecule has 0 aromatic carbocycles. The van der Waals surface area contributed by atoms with Gasteiger partial charge in [0.05, 0.1) is 12.6 Å². The van der Waals surface area contributed by atoms with Gasteiger partial charge in [-0.3, -0.25) is 0 Å². The van der Waals surface area contributed by atoms with Crippen LogP contribution in [0.3, 0.4) is 0 Å². The third-order valence-corrected chi connectivity index (χ3v) is 6.00. The number of hydrogen-bond donors (Lipinski definition) is 0. The van der Waals surface area contributed by atoms with Crippen LogP contribution in [0.25, 0.3) is 0 Å². The van der Waals surface area contributed by atoms with Crippen LogP contribution in [0, 0.1) is 7.40 Å². The molecule has 0 spiro atoms. The summed E-state index contributed by atoms with van der Waals surface area (Å²) >= 11 is 4.66. The van der Waals surface area contributed by atoms with Crippen LogP contribution in [0.4, 0.5) is 0 Å². The van der Waals surface area contributed by atoms with E-state index in [0.717, 1.165) is 13.2 Å². The van der Waals surface area contributed by atoms with Gasteiger partial charge in [0.1, 0.15) is 3.70 Å². The van der Waals surface area contributed by atoms with Crippen molar-refractivity contribution in [1.29, 1.82) is 0 Å². The lowest BCUT2D eigenvalue weighted by Gasteiger charge is -2.31. The Balaban J connectivity index is 2.86. The number of halogens is 2. The quantitative estimate of drug-likeness (QED) is 0.245. The van der Waals surface area contributed by atoms with E-state index in [4.69, 9.17) is 9.84 Å². The Morgan fingerprint density at radius 3 is 2.14 bits per heavy atom. The molecule has 3 nitrogen and oxygen atoms in total. The minimum atomic E-state index is 0.107. The largest absolute Gasteiger partial charge is 0.491 e. The van der Waals surface area contributed by atoms with E-state index in [0.29, 0.717) is 0 Å². The Morgan fingerprint density at radius 1 is 1.00 bits per heavy atom. The molecule has 1 heterocycles. The molecule has 1 rings (SSSR count). The standard InChI is InChI=1S/C17H30I2N2O/c1-5-7-9-10-11-13-17(3,12-8-6-2)21-16(19)14(22-4)15(18)20-21/h5-13H2,1-4H3. The second-order valence-electron chi connectivity index (χ2n) is 6.29. The summed E-state index contributed by atoms with van der Waals surface area (Å²) in [6, 6.07) is 0. The first kappa shape index (κ1) is 20.5. The second-order valence-corrected chi connectivity index (χ2v) is 8.33. The first-order chi connectivity index (χ1) is 10.5. The van der Waals surface area contributed by atoms with Gasteiger partial charge in [0.15, 0.2) is 9.45 Å². The summed E-state index contributed by atoms with van der Waals surface area (Å²) in [5.41, 5.74) is 0.107. The molecule has 0 aliphatic carbocycles. The summed E-state index contributed by atoms with van der Waals surface area (Å²) in [6.07, 6.45) is 11.5. The predicted octanol–water partition coefficient (Wildman–Crippen LogP) is 6.37. The molecule has 0 bridgehead atoms. The van der Waals surface area contributed by atoms with Crippen molar-refractivity contribution in [2.75, 3.05) is 7.11 Å². The van der Waals surface area contributed by atoms with E-state index < -0.39 is 0 Å². The molecule has 0 fully saturated rings. The summed E-state index contributed by atoms with van der Waals surface area (Å²) in [5, 5.41) is 4.79. The van der Waals surface area contributed by atoms with E-state index in [1.807, 2.05) is 0 Å². The van der Waals surface area contributed by atoms with Crippen LogP contribution in [0.1, 0.15) is 78.6 Å². The normalized spacial score (nSPS) is 14.1. The molecule has 1 aromatic heterocycles. The Hall–Kier alpha value is 0.470. The molecular formula is C17H30I2N2O. The summed E-state index contributed by atoms with van der Waals surface area (Å²) in [7, 11) is 1.74. The lowest BCUT2D eigenvalue weighted by atomic mass is 9.88. The zero-order valence-electron chi connectivity index (χ0n) is 14.4. The van der Waals surface area contributed by atoms with Crippen molar-refractivity contribution in [3.63, 3.8) is 0 Å². The van der Waals surface area contributed by atoms with E-state index >= 15 is 0 Å². The molecule has 1 aromatic rings. The smallest absolute Gasteiger partial charge is 0.184 e. The molecule has 128 valence electrons. The van der Waals surface area contributed by atoms with Crippen LogP contribution in [0.2, 0.25) is 0 Å². The third-order valence-electron chi connectivity index (χ3n) is 4.35. The molecule has 0 N–H and O–H groups in total. The first-order valence-electron chi connectivity index (χ1n) is 8.48. The molecule has 1 unspecified atom stereocenters. The Kier molecular flexibility index (Phi) is 9.66. The molecule has 22 heavy (non-hydrogen) atoms. The Bertz CT molecular complexity index is 448. The minimum Gasteiger partial charge on any atom is -0.491 e. The zero-order valence-corrected chi connectivity index (χ0v) is 18.7. The summed E-state index contributed by atoms with van der Waals surface area (Å²) < 4.78 is 9.85. The molecule has 1 atom stereocenters. The van der Waals surface area contributed by atoms with Gasteiger partial charge in [-0.25, -0.2) is 4.68 Å². The highest BCUT2D eigenvalue weighted by Crippen LogP contribution is 2.36. The van der Waals surface area contributed by atoms with Crippen molar-refractivity contribution in [3.05, 3.63) is 7.40 Å². The van der Waals surface area contributed by atoms with E-state index in [9.17, 15) is 0 Å². The van der Waals surface area contributed by atoms with Gasteiger partial charge in [-0.15, -0.1) is 0 Å². The third kappa shape index (κ3) is 5.53. The van der Waals surface area contributed by atoms with E-state index in [1.54, 1.807) is 7.11 Å². The molecule has 0 saturated carbocycles. The zero-order chi connectivity index (χ0) is 16.6. The summed E-state index contributed by atoms with van der Waals surface area (Å²) in [5.74, 6) is 0.926. The Labute approximate surface area is 163 Å². The molecule has 0 saturated heterocycles. The molecule has 0 radical (unpaired) electrons. The van der Waals surface area contributed by atoms with Crippen molar-refractivity contribution in [2.24, 2.45) is 0 Å². The summed E-state index contributed by atoms with van der Waals surface area (Å²) in [6.45, 7) is 6.90. The molecule has 0 amide bonds. The fraction of sp³-hybridized carbons (Fsp3) is 0.824. The molecular weight excluding hydrogens is 502 g/mol.